The van der Waals surface area contributed by atoms with Crippen LogP contribution in [-0.2, 0) is 0 Å². The zero-order chi connectivity index (χ0) is 18.4. The average molecular weight is 357 g/mol. The van der Waals surface area contributed by atoms with Crippen molar-refractivity contribution in [2.45, 2.75) is 63.7 Å². The Balaban J connectivity index is 1.47. The number of allylic oxidation sites excluding steroid dienone is 2. The molecule has 3 heteroatoms. The van der Waals surface area contributed by atoms with Crippen molar-refractivity contribution in [1.29, 1.82) is 5.26 Å². The molecule has 0 aromatic heterocycles. The fraction of sp³-hybridized carbons (Fsp3) is 0.609. The smallest absolute Gasteiger partial charge is 0.141 e. The van der Waals surface area contributed by atoms with Gasteiger partial charge in [-0.1, -0.05) is 18.2 Å². The van der Waals surface area contributed by atoms with Crippen LogP contribution in [0.1, 0.15) is 74.8 Å². The molecule has 0 spiro atoms. The maximum absolute atomic E-state index is 13.9. The van der Waals surface area contributed by atoms with Crippen molar-refractivity contribution in [1.82, 2.24) is 0 Å². The van der Waals surface area contributed by atoms with Gasteiger partial charge in [0.2, 0.25) is 0 Å². The number of hydrogen-bond donors (Lipinski definition) is 0. The summed E-state index contributed by atoms with van der Waals surface area (Å²) in [5.74, 6) is 2.35. The van der Waals surface area contributed by atoms with E-state index >= 15 is 0 Å². The highest BCUT2D eigenvalue weighted by molar-refractivity contribution is 5.34. The fourth-order valence-corrected chi connectivity index (χ4v) is 4.96. The van der Waals surface area contributed by atoms with Gasteiger partial charge in [-0.2, -0.15) is 5.26 Å². The topological polar surface area (TPSA) is 23.8 Å². The molecule has 1 aromatic rings. The summed E-state index contributed by atoms with van der Waals surface area (Å²) >= 11 is 0. The first-order valence-electron chi connectivity index (χ1n) is 10.1. The normalized spacial score (nSPS) is 29.6. The molecule has 0 heterocycles. The van der Waals surface area contributed by atoms with Crippen LogP contribution in [0.2, 0.25) is 0 Å². The van der Waals surface area contributed by atoms with Crippen LogP contribution < -0.4 is 0 Å². The Morgan fingerprint density at radius 3 is 2.23 bits per heavy atom. The molecule has 0 amide bonds. The molecule has 2 saturated carbocycles. The Hall–Kier alpha value is -1.69. The Morgan fingerprint density at radius 2 is 1.65 bits per heavy atom. The standard InChI is InChI=1S/C23H29F2N/c24-14-2-1-3-17-4-6-18(7-5-17)19-8-10-20(11-9-19)21-12-13-22(16-26)23(25)15-21/h1,3,12-13,15,17-20H,2,4-11,14H2/t17-,18-,19-,20-. The van der Waals surface area contributed by atoms with Gasteiger partial charge in [0.1, 0.15) is 11.9 Å². The number of hydrogen-bond acceptors (Lipinski definition) is 1. The van der Waals surface area contributed by atoms with Crippen LogP contribution in [0.3, 0.4) is 0 Å². The molecule has 2 fully saturated rings. The monoisotopic (exact) mass is 357 g/mol. The van der Waals surface area contributed by atoms with Gasteiger partial charge >= 0.3 is 0 Å². The third kappa shape index (κ3) is 4.72. The minimum Gasteiger partial charge on any atom is -0.251 e. The molecule has 0 bridgehead atoms. The van der Waals surface area contributed by atoms with Crippen molar-refractivity contribution in [2.75, 3.05) is 6.67 Å². The molecule has 0 saturated heterocycles. The van der Waals surface area contributed by atoms with Crippen molar-refractivity contribution >= 4 is 0 Å². The molecule has 26 heavy (non-hydrogen) atoms. The van der Waals surface area contributed by atoms with E-state index in [-0.39, 0.29) is 18.1 Å². The number of halogens is 2. The molecule has 1 nitrogen and oxygen atoms in total. The molecule has 0 unspecified atom stereocenters. The molecular formula is C23H29F2N. The van der Waals surface area contributed by atoms with E-state index in [0.29, 0.717) is 18.3 Å². The second kappa shape index (κ2) is 9.31. The average Bonchev–Trinajstić information content (AvgIpc) is 2.69. The summed E-state index contributed by atoms with van der Waals surface area (Å²) in [6, 6.07) is 7.02. The van der Waals surface area contributed by atoms with Crippen molar-refractivity contribution < 1.29 is 8.78 Å². The summed E-state index contributed by atoms with van der Waals surface area (Å²) in [5.41, 5.74) is 1.20. The van der Waals surface area contributed by atoms with Crippen LogP contribution in [0, 0.1) is 34.9 Å². The zero-order valence-electron chi connectivity index (χ0n) is 15.5. The third-order valence-corrected chi connectivity index (χ3v) is 6.52. The first kappa shape index (κ1) is 19.1. The number of nitrogens with zero attached hydrogens (tertiary/aromatic N) is 1. The lowest BCUT2D eigenvalue weighted by Gasteiger charge is -2.37. The van der Waals surface area contributed by atoms with E-state index in [4.69, 9.17) is 5.26 Å². The van der Waals surface area contributed by atoms with Gasteiger partial charge in [-0.25, -0.2) is 4.39 Å². The van der Waals surface area contributed by atoms with E-state index in [9.17, 15) is 8.78 Å². The highest BCUT2D eigenvalue weighted by atomic mass is 19.1. The van der Waals surface area contributed by atoms with Gasteiger partial charge < -0.3 is 0 Å². The largest absolute Gasteiger partial charge is 0.251 e. The predicted molar refractivity (Wildman–Crippen MR) is 101 cm³/mol. The molecular weight excluding hydrogens is 328 g/mol. The SMILES string of the molecule is N#Cc1ccc([C@H]2CC[C@H]([C@H]3CC[C@H](C=CCCF)CC3)CC2)cc1F. The van der Waals surface area contributed by atoms with Gasteiger partial charge in [0.15, 0.2) is 0 Å². The Kier molecular flexibility index (Phi) is 6.83. The van der Waals surface area contributed by atoms with Crippen LogP contribution in [0.4, 0.5) is 8.78 Å². The third-order valence-electron chi connectivity index (χ3n) is 6.52. The summed E-state index contributed by atoms with van der Waals surface area (Å²) in [6.45, 7) is -0.252. The van der Waals surface area contributed by atoms with Crippen molar-refractivity contribution in [3.63, 3.8) is 0 Å². The number of rotatable bonds is 5. The highest BCUT2D eigenvalue weighted by Crippen LogP contribution is 2.44. The van der Waals surface area contributed by atoms with E-state index in [1.54, 1.807) is 12.1 Å². The second-order valence-corrected chi connectivity index (χ2v) is 8.04. The quantitative estimate of drug-likeness (QED) is 0.538. The van der Waals surface area contributed by atoms with Gasteiger partial charge in [0.25, 0.3) is 0 Å². The Morgan fingerprint density at radius 1 is 1.00 bits per heavy atom. The summed E-state index contributed by atoms with van der Waals surface area (Å²) in [6.07, 6.45) is 14.6. The molecule has 0 atom stereocenters. The molecule has 2 aliphatic carbocycles. The fourth-order valence-electron chi connectivity index (χ4n) is 4.96. The molecule has 140 valence electrons. The van der Waals surface area contributed by atoms with Crippen molar-refractivity contribution in [3.05, 3.63) is 47.3 Å². The summed E-state index contributed by atoms with van der Waals surface area (Å²) < 4.78 is 26.1. The van der Waals surface area contributed by atoms with E-state index < -0.39 is 0 Å². The van der Waals surface area contributed by atoms with Crippen molar-refractivity contribution in [3.8, 4) is 6.07 Å². The van der Waals surface area contributed by atoms with Crippen LogP contribution >= 0.6 is 0 Å². The van der Waals surface area contributed by atoms with E-state index in [1.165, 1.54) is 38.5 Å². The lowest BCUT2D eigenvalue weighted by Crippen LogP contribution is -2.25. The summed E-state index contributed by atoms with van der Waals surface area (Å²) in [5, 5.41) is 8.87. The predicted octanol–water partition coefficient (Wildman–Crippen LogP) is 6.69. The Bertz CT molecular complexity index is 645. The maximum atomic E-state index is 13.9. The van der Waals surface area contributed by atoms with E-state index in [0.717, 1.165) is 30.2 Å². The molecule has 0 radical (unpaired) electrons. The molecule has 0 N–H and O–H groups in total. The lowest BCUT2D eigenvalue weighted by molar-refractivity contribution is 0.171. The van der Waals surface area contributed by atoms with Crippen molar-refractivity contribution in [2.24, 2.45) is 17.8 Å². The number of alkyl halides is 1. The zero-order valence-corrected chi connectivity index (χ0v) is 15.5. The maximum Gasteiger partial charge on any atom is 0.141 e. The minimum absolute atomic E-state index is 0.139. The van der Waals surface area contributed by atoms with Crippen LogP contribution in [0.5, 0.6) is 0 Å². The van der Waals surface area contributed by atoms with E-state index in [1.807, 2.05) is 18.2 Å². The van der Waals surface area contributed by atoms with E-state index in [2.05, 4.69) is 6.08 Å². The summed E-state index contributed by atoms with van der Waals surface area (Å²) in [7, 11) is 0. The second-order valence-electron chi connectivity index (χ2n) is 8.04. The van der Waals surface area contributed by atoms with Crippen LogP contribution in [0.15, 0.2) is 30.4 Å². The molecule has 3 rings (SSSR count). The van der Waals surface area contributed by atoms with Gasteiger partial charge in [-0.3, -0.25) is 4.39 Å². The van der Waals surface area contributed by atoms with Crippen LogP contribution in [0.25, 0.3) is 0 Å². The highest BCUT2D eigenvalue weighted by Gasteiger charge is 2.30. The minimum atomic E-state index is -0.383. The van der Waals surface area contributed by atoms with Gasteiger partial charge in [0.05, 0.1) is 12.2 Å². The number of nitriles is 1. The number of benzene rings is 1. The van der Waals surface area contributed by atoms with Gasteiger partial charge in [-0.05, 0) is 99.2 Å². The first-order chi connectivity index (χ1) is 12.7. The molecule has 1 aromatic carbocycles. The van der Waals surface area contributed by atoms with Crippen LogP contribution in [-0.4, -0.2) is 6.67 Å². The molecule has 2 aliphatic rings. The first-order valence-corrected chi connectivity index (χ1v) is 10.1. The lowest BCUT2D eigenvalue weighted by atomic mass is 9.68. The van der Waals surface area contributed by atoms with Gasteiger partial charge in [0, 0.05) is 0 Å². The summed E-state index contributed by atoms with van der Waals surface area (Å²) in [4.78, 5) is 0. The Labute approximate surface area is 156 Å². The molecule has 0 aliphatic heterocycles. The van der Waals surface area contributed by atoms with Gasteiger partial charge in [-0.15, -0.1) is 0 Å².